The molecule has 172 valence electrons. The van der Waals surface area contributed by atoms with Crippen molar-refractivity contribution in [3.8, 4) is 22.6 Å². The van der Waals surface area contributed by atoms with Crippen LogP contribution < -0.4 is 10.6 Å². The normalized spacial score (nSPS) is 10.8. The van der Waals surface area contributed by atoms with Gasteiger partial charge in [-0.2, -0.15) is 0 Å². The largest absolute Gasteiger partial charge is 0.436 e. The van der Waals surface area contributed by atoms with E-state index in [-0.39, 0.29) is 11.0 Å². The molecule has 4 aromatic carbocycles. The number of nitrogens with one attached hydrogen (secondary N) is 2. The fourth-order valence-corrected chi connectivity index (χ4v) is 4.00. The highest BCUT2D eigenvalue weighted by Gasteiger charge is 2.12. The average Bonchev–Trinajstić information content (AvgIpc) is 3.30. The Morgan fingerprint density at radius 3 is 2.26 bits per heavy atom. The second kappa shape index (κ2) is 9.52. The molecule has 5 nitrogen and oxygen atoms in total. The Bertz CT molecular complexity index is 1540. The van der Waals surface area contributed by atoms with Crippen molar-refractivity contribution in [2.45, 2.75) is 13.8 Å². The van der Waals surface area contributed by atoms with Gasteiger partial charge >= 0.3 is 0 Å². The van der Waals surface area contributed by atoms with Gasteiger partial charge in [0.2, 0.25) is 5.89 Å². The fraction of sp³-hybridized carbons (Fsp3) is 0.0690. The minimum absolute atomic E-state index is 0.208. The SMILES string of the molecule is Cc1ccc(-c2nc3cc(NC(=S)NC(=O)c4ccc(-c5ccccc5)cc4)ccc3o2)cc1C. The Kier molecular flexibility index (Phi) is 6.12. The minimum atomic E-state index is -0.276. The molecule has 0 bridgehead atoms. The van der Waals surface area contributed by atoms with Gasteiger partial charge in [-0.25, -0.2) is 4.98 Å². The van der Waals surface area contributed by atoms with E-state index in [0.717, 1.165) is 16.7 Å². The van der Waals surface area contributed by atoms with E-state index in [9.17, 15) is 4.79 Å². The predicted octanol–water partition coefficient (Wildman–Crippen LogP) is 6.91. The number of benzene rings is 4. The molecule has 0 atom stereocenters. The molecule has 1 amide bonds. The standard InChI is InChI=1S/C29H23N3O2S/c1-18-8-9-23(16-19(18)2)28-31-25-17-24(14-15-26(25)34-28)30-29(35)32-27(33)22-12-10-21(11-13-22)20-6-4-3-5-7-20/h3-17H,1-2H3,(H2,30,32,33,35). The van der Waals surface area contributed by atoms with Crippen LogP contribution in [0.4, 0.5) is 5.69 Å². The molecule has 0 aliphatic heterocycles. The number of anilines is 1. The Hall–Kier alpha value is -4.29. The number of carbonyl (C=O) groups is 1. The molecule has 0 aliphatic rings. The summed E-state index contributed by atoms with van der Waals surface area (Å²) in [6.45, 7) is 4.14. The molecule has 2 N–H and O–H groups in total. The highest BCUT2D eigenvalue weighted by Crippen LogP contribution is 2.27. The van der Waals surface area contributed by atoms with E-state index in [0.29, 0.717) is 28.2 Å². The van der Waals surface area contributed by atoms with Gasteiger partial charge in [0.1, 0.15) is 5.52 Å². The summed E-state index contributed by atoms with van der Waals surface area (Å²) in [5.74, 6) is 0.289. The highest BCUT2D eigenvalue weighted by molar-refractivity contribution is 7.80. The predicted molar refractivity (Wildman–Crippen MR) is 144 cm³/mol. The van der Waals surface area contributed by atoms with Crippen molar-refractivity contribution >= 4 is 40.0 Å². The van der Waals surface area contributed by atoms with Gasteiger partial charge in [0.05, 0.1) is 0 Å². The average molecular weight is 478 g/mol. The van der Waals surface area contributed by atoms with E-state index in [4.69, 9.17) is 16.6 Å². The van der Waals surface area contributed by atoms with Gasteiger partial charge in [0.25, 0.3) is 5.91 Å². The van der Waals surface area contributed by atoms with Crippen LogP contribution in [0.2, 0.25) is 0 Å². The third-order valence-electron chi connectivity index (χ3n) is 5.88. The van der Waals surface area contributed by atoms with Crippen molar-refractivity contribution in [3.63, 3.8) is 0 Å². The molecule has 5 aromatic rings. The molecule has 0 saturated heterocycles. The van der Waals surface area contributed by atoms with Crippen molar-refractivity contribution in [2.24, 2.45) is 0 Å². The van der Waals surface area contributed by atoms with Crippen molar-refractivity contribution in [3.05, 3.63) is 108 Å². The van der Waals surface area contributed by atoms with E-state index < -0.39 is 0 Å². The molecular formula is C29H23N3O2S. The summed E-state index contributed by atoms with van der Waals surface area (Å²) < 4.78 is 5.93. The number of fused-ring (bicyclic) bond motifs is 1. The van der Waals surface area contributed by atoms with Gasteiger partial charge in [0.15, 0.2) is 10.7 Å². The number of aromatic nitrogens is 1. The second-order valence-corrected chi connectivity index (χ2v) is 8.76. The topological polar surface area (TPSA) is 67.2 Å². The Morgan fingerprint density at radius 1 is 0.800 bits per heavy atom. The molecule has 35 heavy (non-hydrogen) atoms. The zero-order valence-corrected chi connectivity index (χ0v) is 20.1. The number of oxazole rings is 1. The van der Waals surface area contributed by atoms with Gasteiger partial charge in [0, 0.05) is 16.8 Å². The molecule has 5 rings (SSSR count). The van der Waals surface area contributed by atoms with Crippen LogP contribution in [-0.2, 0) is 0 Å². The van der Waals surface area contributed by atoms with E-state index in [1.54, 1.807) is 12.1 Å². The molecule has 0 unspecified atom stereocenters. The van der Waals surface area contributed by atoms with E-state index in [2.05, 4.69) is 41.6 Å². The van der Waals surface area contributed by atoms with Gasteiger partial charge in [-0.05, 0) is 90.8 Å². The Balaban J connectivity index is 1.26. The maximum Gasteiger partial charge on any atom is 0.257 e. The Labute approximate surface area is 208 Å². The van der Waals surface area contributed by atoms with Crippen LogP contribution in [0, 0.1) is 13.8 Å². The molecule has 1 aromatic heterocycles. The first-order chi connectivity index (χ1) is 17.0. The molecule has 0 aliphatic carbocycles. The van der Waals surface area contributed by atoms with Crippen molar-refractivity contribution in [2.75, 3.05) is 5.32 Å². The first-order valence-electron chi connectivity index (χ1n) is 11.2. The lowest BCUT2D eigenvalue weighted by Crippen LogP contribution is -2.34. The van der Waals surface area contributed by atoms with Gasteiger partial charge in [-0.1, -0.05) is 48.5 Å². The minimum Gasteiger partial charge on any atom is -0.436 e. The summed E-state index contributed by atoms with van der Waals surface area (Å²) in [6, 6.07) is 29.1. The number of thiocarbonyl (C=S) groups is 1. The highest BCUT2D eigenvalue weighted by atomic mass is 32.1. The first-order valence-corrected chi connectivity index (χ1v) is 11.6. The van der Waals surface area contributed by atoms with Gasteiger partial charge in [-0.3, -0.25) is 10.1 Å². The lowest BCUT2D eigenvalue weighted by Gasteiger charge is -2.10. The lowest BCUT2D eigenvalue weighted by atomic mass is 10.0. The molecule has 1 heterocycles. The van der Waals surface area contributed by atoms with E-state index >= 15 is 0 Å². The number of rotatable bonds is 4. The van der Waals surface area contributed by atoms with Crippen LogP contribution in [0.1, 0.15) is 21.5 Å². The van der Waals surface area contributed by atoms with Crippen LogP contribution in [-0.4, -0.2) is 16.0 Å². The summed E-state index contributed by atoms with van der Waals surface area (Å²) in [5.41, 5.74) is 8.10. The van der Waals surface area contributed by atoms with E-state index in [1.165, 1.54) is 11.1 Å². The molecule has 0 radical (unpaired) electrons. The van der Waals surface area contributed by atoms with Crippen molar-refractivity contribution < 1.29 is 9.21 Å². The number of hydrogen-bond donors (Lipinski definition) is 2. The third kappa shape index (κ3) is 4.98. The van der Waals surface area contributed by atoms with Crippen LogP contribution in [0.3, 0.4) is 0 Å². The number of amides is 1. The molecular weight excluding hydrogens is 454 g/mol. The molecule has 0 spiro atoms. The van der Waals surface area contributed by atoms with Crippen LogP contribution in [0.5, 0.6) is 0 Å². The molecule has 0 saturated carbocycles. The number of nitrogens with zero attached hydrogens (tertiary/aromatic N) is 1. The van der Waals surface area contributed by atoms with Crippen molar-refractivity contribution in [1.29, 1.82) is 0 Å². The van der Waals surface area contributed by atoms with Crippen molar-refractivity contribution in [1.82, 2.24) is 10.3 Å². The third-order valence-corrected chi connectivity index (χ3v) is 6.08. The quantitative estimate of drug-likeness (QED) is 0.276. The summed E-state index contributed by atoms with van der Waals surface area (Å²) in [4.78, 5) is 17.3. The summed E-state index contributed by atoms with van der Waals surface area (Å²) in [5, 5.41) is 6.00. The monoisotopic (exact) mass is 477 g/mol. The lowest BCUT2D eigenvalue weighted by molar-refractivity contribution is 0.0977. The van der Waals surface area contributed by atoms with Crippen LogP contribution >= 0.6 is 12.2 Å². The smallest absolute Gasteiger partial charge is 0.257 e. The van der Waals surface area contributed by atoms with Crippen LogP contribution in [0.15, 0.2) is 95.4 Å². The summed E-state index contributed by atoms with van der Waals surface area (Å²) >= 11 is 5.36. The Morgan fingerprint density at radius 2 is 1.51 bits per heavy atom. The number of aryl methyl sites for hydroxylation is 2. The summed E-state index contributed by atoms with van der Waals surface area (Å²) in [6.07, 6.45) is 0. The van der Waals surface area contributed by atoms with Gasteiger partial charge < -0.3 is 9.73 Å². The molecule has 0 fully saturated rings. The maximum atomic E-state index is 12.7. The zero-order valence-electron chi connectivity index (χ0n) is 19.3. The van der Waals surface area contributed by atoms with Crippen LogP contribution in [0.25, 0.3) is 33.7 Å². The zero-order chi connectivity index (χ0) is 24.4. The van der Waals surface area contributed by atoms with E-state index in [1.807, 2.05) is 66.7 Å². The molecule has 6 heteroatoms. The number of carbonyl (C=O) groups excluding carboxylic acids is 1. The van der Waals surface area contributed by atoms with Gasteiger partial charge in [-0.15, -0.1) is 0 Å². The maximum absolute atomic E-state index is 12.7. The second-order valence-electron chi connectivity index (χ2n) is 8.35. The first kappa shape index (κ1) is 22.5. The summed E-state index contributed by atoms with van der Waals surface area (Å²) in [7, 11) is 0. The fourth-order valence-electron chi connectivity index (χ4n) is 3.79. The number of hydrogen-bond acceptors (Lipinski definition) is 4.